The van der Waals surface area contributed by atoms with Crippen molar-refractivity contribution in [1.29, 1.82) is 0 Å². The molecule has 0 saturated carbocycles. The number of benzene rings is 1. The third-order valence-corrected chi connectivity index (χ3v) is 2.96. The molecule has 1 aromatic carbocycles. The summed E-state index contributed by atoms with van der Waals surface area (Å²) in [6, 6.07) is 8.64. The van der Waals surface area contributed by atoms with E-state index in [1.807, 2.05) is 0 Å². The molecular weight excluding hydrogens is 168 g/mol. The van der Waals surface area contributed by atoms with Gasteiger partial charge in [0.2, 0.25) is 0 Å². The fourth-order valence-corrected chi connectivity index (χ4v) is 2.28. The van der Waals surface area contributed by atoms with E-state index in [-0.39, 0.29) is 0 Å². The summed E-state index contributed by atoms with van der Waals surface area (Å²) < 4.78 is 0. The van der Waals surface area contributed by atoms with Crippen molar-refractivity contribution in [3.63, 3.8) is 0 Å². The van der Waals surface area contributed by atoms with Gasteiger partial charge in [0.25, 0.3) is 0 Å². The van der Waals surface area contributed by atoms with Gasteiger partial charge >= 0.3 is 0 Å². The van der Waals surface area contributed by atoms with E-state index in [1.54, 1.807) is 0 Å². The Kier molecular flexibility index (Phi) is 1.51. The maximum Gasteiger partial charge on any atom is 0.0278 e. The van der Waals surface area contributed by atoms with E-state index < -0.39 is 0 Å². The topological polar surface area (TPSA) is 0 Å². The van der Waals surface area contributed by atoms with E-state index >= 15 is 0 Å². The highest BCUT2D eigenvalue weighted by molar-refractivity contribution is 5.72. The number of hydrogen-bond donors (Lipinski definition) is 0. The Morgan fingerprint density at radius 1 is 1.07 bits per heavy atom. The van der Waals surface area contributed by atoms with Crippen molar-refractivity contribution in [1.82, 2.24) is 0 Å². The molecular formula is C14H12. The second-order valence-corrected chi connectivity index (χ2v) is 4.00. The number of allylic oxidation sites excluding steroid dienone is 5. The van der Waals surface area contributed by atoms with E-state index in [0.717, 1.165) is 0 Å². The summed E-state index contributed by atoms with van der Waals surface area (Å²) in [7, 11) is 0. The normalized spacial score (nSPS) is 22.5. The van der Waals surface area contributed by atoms with Crippen molar-refractivity contribution in [3.8, 4) is 0 Å². The van der Waals surface area contributed by atoms with Crippen molar-refractivity contribution in [2.45, 2.75) is 12.8 Å². The molecule has 0 heteroatoms. The molecule has 0 spiro atoms. The summed E-state index contributed by atoms with van der Waals surface area (Å²) in [5, 5.41) is 0. The number of hydrogen-bond acceptors (Lipinski definition) is 0. The number of rotatable bonds is 0. The molecule has 68 valence electrons. The zero-order chi connectivity index (χ0) is 9.54. The Bertz CT molecular complexity index is 473. The van der Waals surface area contributed by atoms with Crippen molar-refractivity contribution >= 4 is 6.08 Å². The largest absolute Gasteiger partial charge is 0.0724 e. The van der Waals surface area contributed by atoms with E-state index in [2.05, 4.69) is 55.5 Å². The standard InChI is InChI=1S/C14H12/c1-10-6-7-14-12(8-10)9-11-4-2-3-5-13(11)14/h2-9,14H,1H3. The van der Waals surface area contributed by atoms with Gasteiger partial charge in [-0.05, 0) is 23.6 Å². The maximum absolute atomic E-state index is 2.30. The fourth-order valence-electron chi connectivity index (χ4n) is 2.28. The van der Waals surface area contributed by atoms with E-state index in [1.165, 1.54) is 22.3 Å². The van der Waals surface area contributed by atoms with Gasteiger partial charge in [0.15, 0.2) is 0 Å². The predicted molar refractivity (Wildman–Crippen MR) is 60.1 cm³/mol. The van der Waals surface area contributed by atoms with Crippen LogP contribution in [-0.2, 0) is 0 Å². The highest BCUT2D eigenvalue weighted by Crippen LogP contribution is 2.40. The average molecular weight is 180 g/mol. The van der Waals surface area contributed by atoms with Crippen LogP contribution in [0.2, 0.25) is 0 Å². The second-order valence-electron chi connectivity index (χ2n) is 4.00. The SMILES string of the molecule is CC1=CC2=Cc3ccccc3C2C=C1. The van der Waals surface area contributed by atoms with Crippen LogP contribution in [0.4, 0.5) is 0 Å². The minimum atomic E-state index is 0.509. The maximum atomic E-state index is 2.30. The summed E-state index contributed by atoms with van der Waals surface area (Å²) in [6.45, 7) is 2.15. The first-order valence-corrected chi connectivity index (χ1v) is 5.01. The molecule has 1 atom stereocenters. The van der Waals surface area contributed by atoms with Gasteiger partial charge in [-0.25, -0.2) is 0 Å². The molecule has 0 aliphatic heterocycles. The number of fused-ring (bicyclic) bond motifs is 3. The Balaban J connectivity index is 2.17. The minimum absolute atomic E-state index is 0.509. The molecule has 0 amide bonds. The molecule has 14 heavy (non-hydrogen) atoms. The fraction of sp³-hybridized carbons (Fsp3) is 0.143. The lowest BCUT2D eigenvalue weighted by Gasteiger charge is -2.14. The Labute approximate surface area is 84.3 Å². The van der Waals surface area contributed by atoms with Gasteiger partial charge in [0.05, 0.1) is 0 Å². The molecule has 3 rings (SSSR count). The van der Waals surface area contributed by atoms with E-state index in [9.17, 15) is 0 Å². The van der Waals surface area contributed by atoms with Crippen LogP contribution in [0.15, 0.2) is 53.6 Å². The van der Waals surface area contributed by atoms with Gasteiger partial charge in [-0.3, -0.25) is 0 Å². The quantitative estimate of drug-likeness (QED) is 0.571. The van der Waals surface area contributed by atoms with Gasteiger partial charge in [-0.2, -0.15) is 0 Å². The molecule has 0 nitrogen and oxygen atoms in total. The van der Waals surface area contributed by atoms with Crippen molar-refractivity contribution < 1.29 is 0 Å². The molecule has 0 saturated heterocycles. The summed E-state index contributed by atoms with van der Waals surface area (Å²) in [5.74, 6) is 0.509. The van der Waals surface area contributed by atoms with Crippen molar-refractivity contribution in [3.05, 3.63) is 64.8 Å². The predicted octanol–water partition coefficient (Wildman–Crippen LogP) is 3.68. The van der Waals surface area contributed by atoms with Crippen molar-refractivity contribution in [2.24, 2.45) is 0 Å². The van der Waals surface area contributed by atoms with Crippen LogP contribution < -0.4 is 0 Å². The molecule has 0 bridgehead atoms. The molecule has 1 unspecified atom stereocenters. The lowest BCUT2D eigenvalue weighted by atomic mass is 9.90. The molecule has 0 radical (unpaired) electrons. The van der Waals surface area contributed by atoms with Crippen LogP contribution >= 0.6 is 0 Å². The monoisotopic (exact) mass is 180 g/mol. The van der Waals surface area contributed by atoms with Crippen LogP contribution in [0.5, 0.6) is 0 Å². The minimum Gasteiger partial charge on any atom is -0.0724 e. The average Bonchev–Trinajstić information content (AvgIpc) is 2.54. The van der Waals surface area contributed by atoms with Crippen LogP contribution in [0.3, 0.4) is 0 Å². The summed E-state index contributed by atoms with van der Waals surface area (Å²) in [6.07, 6.45) is 9.09. The molecule has 1 aromatic rings. The Morgan fingerprint density at radius 3 is 2.86 bits per heavy atom. The smallest absolute Gasteiger partial charge is 0.0278 e. The molecule has 0 N–H and O–H groups in total. The third-order valence-electron chi connectivity index (χ3n) is 2.96. The molecule has 0 fully saturated rings. The first kappa shape index (κ1) is 7.81. The van der Waals surface area contributed by atoms with Gasteiger partial charge < -0.3 is 0 Å². The lowest BCUT2D eigenvalue weighted by molar-refractivity contribution is 1.04. The van der Waals surface area contributed by atoms with Gasteiger partial charge in [-0.1, -0.05) is 54.1 Å². The van der Waals surface area contributed by atoms with Crippen LogP contribution in [0.1, 0.15) is 24.0 Å². The first-order chi connectivity index (χ1) is 6.84. The third kappa shape index (κ3) is 1.00. The van der Waals surface area contributed by atoms with Crippen LogP contribution in [0, 0.1) is 0 Å². The molecule has 2 aliphatic rings. The Morgan fingerprint density at radius 2 is 1.93 bits per heavy atom. The summed E-state index contributed by atoms with van der Waals surface area (Å²) in [5.41, 5.74) is 5.61. The summed E-state index contributed by atoms with van der Waals surface area (Å²) in [4.78, 5) is 0. The lowest BCUT2D eigenvalue weighted by Crippen LogP contribution is -1.97. The van der Waals surface area contributed by atoms with Gasteiger partial charge in [-0.15, -0.1) is 0 Å². The zero-order valence-corrected chi connectivity index (χ0v) is 8.20. The zero-order valence-electron chi connectivity index (χ0n) is 8.20. The van der Waals surface area contributed by atoms with Gasteiger partial charge in [0, 0.05) is 5.92 Å². The van der Waals surface area contributed by atoms with Gasteiger partial charge in [0.1, 0.15) is 0 Å². The van der Waals surface area contributed by atoms with Crippen molar-refractivity contribution in [2.75, 3.05) is 0 Å². The van der Waals surface area contributed by atoms with Crippen LogP contribution in [-0.4, -0.2) is 0 Å². The van der Waals surface area contributed by atoms with Crippen LogP contribution in [0.25, 0.3) is 6.08 Å². The Hall–Kier alpha value is -1.56. The van der Waals surface area contributed by atoms with E-state index in [4.69, 9.17) is 0 Å². The second kappa shape index (κ2) is 2.71. The first-order valence-electron chi connectivity index (χ1n) is 5.01. The summed E-state index contributed by atoms with van der Waals surface area (Å²) >= 11 is 0. The molecule has 0 heterocycles. The highest BCUT2D eigenvalue weighted by Gasteiger charge is 2.22. The molecule has 2 aliphatic carbocycles. The van der Waals surface area contributed by atoms with E-state index in [0.29, 0.717) is 5.92 Å². The molecule has 0 aromatic heterocycles. The highest BCUT2D eigenvalue weighted by atomic mass is 14.3.